The highest BCUT2D eigenvalue weighted by Crippen LogP contribution is 2.22. The molecular formula is C20H25F5N4O3S. The highest BCUT2D eigenvalue weighted by molar-refractivity contribution is 7.89. The number of carbonyl (C=O) groups is 1. The third-order valence-corrected chi connectivity index (χ3v) is 7.10. The molecule has 0 bridgehead atoms. The number of amides is 2. The van der Waals surface area contributed by atoms with Gasteiger partial charge in [0.2, 0.25) is 10.0 Å². The van der Waals surface area contributed by atoms with E-state index in [1.165, 1.54) is 22.6 Å². The number of benzene rings is 1. The first kappa shape index (κ1) is 28.2. The van der Waals surface area contributed by atoms with Crippen molar-refractivity contribution in [2.45, 2.75) is 25.8 Å². The van der Waals surface area contributed by atoms with E-state index in [1.54, 1.807) is 31.0 Å². The number of hydrogen-bond donors (Lipinski definition) is 1. The van der Waals surface area contributed by atoms with E-state index in [-0.39, 0.29) is 22.5 Å². The molecule has 0 atom stereocenters. The Kier molecular flexibility index (Phi) is 10.6. The van der Waals surface area contributed by atoms with Gasteiger partial charge in [-0.15, -0.1) is 0 Å². The number of urea groups is 1. The van der Waals surface area contributed by atoms with Gasteiger partial charge in [0.15, 0.2) is 0 Å². The number of aromatic nitrogens is 1. The third kappa shape index (κ3) is 7.35. The molecule has 13 heteroatoms. The lowest BCUT2D eigenvalue weighted by Crippen LogP contribution is -2.48. The van der Waals surface area contributed by atoms with E-state index in [9.17, 15) is 22.0 Å². The van der Waals surface area contributed by atoms with Crippen LogP contribution in [0.1, 0.15) is 19.8 Å². The van der Waals surface area contributed by atoms with Crippen molar-refractivity contribution in [2.24, 2.45) is 0 Å². The Morgan fingerprint density at radius 2 is 1.73 bits per heavy atom. The summed E-state index contributed by atoms with van der Waals surface area (Å²) < 4.78 is 68.1. The van der Waals surface area contributed by atoms with Crippen molar-refractivity contribution in [3.63, 3.8) is 0 Å². The van der Waals surface area contributed by atoms with E-state index in [2.05, 4.69) is 10.3 Å². The summed E-state index contributed by atoms with van der Waals surface area (Å²) in [7, 11) is -1.54. The number of pyridine rings is 1. The first-order valence-corrected chi connectivity index (χ1v) is 11.4. The van der Waals surface area contributed by atoms with Gasteiger partial charge in [-0.05, 0) is 44.0 Å². The van der Waals surface area contributed by atoms with Gasteiger partial charge in [-0.25, -0.2) is 26.3 Å². The Hall–Kier alpha value is -2.80. The van der Waals surface area contributed by atoms with Gasteiger partial charge >= 0.3 is 6.03 Å². The molecule has 3 rings (SSSR count). The van der Waals surface area contributed by atoms with Gasteiger partial charge in [-0.1, -0.05) is 0 Å². The van der Waals surface area contributed by atoms with E-state index in [0.717, 1.165) is 6.07 Å². The van der Waals surface area contributed by atoms with Crippen LogP contribution in [-0.2, 0) is 10.0 Å². The maximum atomic E-state index is 13.4. The van der Waals surface area contributed by atoms with Crippen LogP contribution in [0.15, 0.2) is 36.5 Å². The first-order chi connectivity index (χ1) is 15.2. The largest absolute Gasteiger partial charge is 0.325 e. The molecule has 2 amide bonds. The third-order valence-electron chi connectivity index (χ3n) is 5.22. The molecule has 2 aromatic rings. The Balaban J connectivity index is 0.00000177. The zero-order valence-corrected chi connectivity index (χ0v) is 18.8. The summed E-state index contributed by atoms with van der Waals surface area (Å²) >= 11 is 0. The van der Waals surface area contributed by atoms with Crippen LogP contribution in [0, 0.1) is 11.6 Å². The molecule has 1 fully saturated rings. The summed E-state index contributed by atoms with van der Waals surface area (Å²) in [5.41, 5.74) is 1.12. The number of hydrogen-bond acceptors (Lipinski definition) is 4. The molecule has 0 spiro atoms. The number of sulfonamides is 1. The van der Waals surface area contributed by atoms with Crippen LogP contribution in [0.4, 0.5) is 33.1 Å². The Morgan fingerprint density at radius 1 is 1.15 bits per heavy atom. The standard InChI is InChI=1S/C20H24F2N4O3S.F2.FH/c1-3-30(28,29)26-8-6-18(7-9-26)25(2)20(27)24-17-4-5-19(23-13-17)14-10-15(21)12-16(22)11-14;1-2;/h4-5,10-13,18H,3,6-9H2,1-2H3,(H,24,27);;1H. The molecule has 1 aliphatic rings. The molecule has 1 saturated heterocycles. The van der Waals surface area contributed by atoms with Crippen LogP contribution < -0.4 is 5.32 Å². The Labute approximate surface area is 188 Å². The zero-order valence-electron chi connectivity index (χ0n) is 18.0. The van der Waals surface area contributed by atoms with Crippen LogP contribution in [0.25, 0.3) is 11.3 Å². The SMILES string of the molecule is CCS(=O)(=O)N1CCC(N(C)C(=O)Nc2ccc(-c3cc(F)cc(F)c3)nc2)CC1.F.FF. The second-order valence-corrected chi connectivity index (χ2v) is 9.42. The summed E-state index contributed by atoms with van der Waals surface area (Å²) in [5.74, 6) is -1.31. The van der Waals surface area contributed by atoms with Crippen LogP contribution in [0.2, 0.25) is 0 Å². The van der Waals surface area contributed by atoms with E-state index in [0.29, 0.717) is 42.9 Å². The lowest BCUT2D eigenvalue weighted by atomic mass is 10.1. The van der Waals surface area contributed by atoms with Crippen molar-refractivity contribution < 1.29 is 35.8 Å². The van der Waals surface area contributed by atoms with Crippen LogP contribution in [-0.4, -0.2) is 60.6 Å². The minimum absolute atomic E-state index is 0. The second kappa shape index (κ2) is 12.4. The Morgan fingerprint density at radius 3 is 2.21 bits per heavy atom. The fourth-order valence-electron chi connectivity index (χ4n) is 3.41. The molecule has 1 aromatic heterocycles. The molecule has 0 unspecified atom stereocenters. The van der Waals surface area contributed by atoms with E-state index >= 15 is 0 Å². The summed E-state index contributed by atoms with van der Waals surface area (Å²) in [4.78, 5) is 18.3. The molecule has 2 heterocycles. The van der Waals surface area contributed by atoms with Gasteiger partial charge < -0.3 is 10.2 Å². The lowest BCUT2D eigenvalue weighted by molar-refractivity contribution is 0.108. The van der Waals surface area contributed by atoms with Gasteiger partial charge in [0, 0.05) is 47.0 Å². The molecule has 1 aromatic carbocycles. The number of nitrogens with one attached hydrogen (secondary N) is 1. The van der Waals surface area contributed by atoms with E-state index < -0.39 is 21.7 Å². The lowest BCUT2D eigenvalue weighted by Gasteiger charge is -2.35. The summed E-state index contributed by atoms with van der Waals surface area (Å²) in [6.07, 6.45) is 2.54. The first-order valence-electron chi connectivity index (χ1n) is 9.78. The molecule has 0 radical (unpaired) electrons. The molecular weight excluding hydrogens is 471 g/mol. The monoisotopic (exact) mass is 496 g/mol. The van der Waals surface area contributed by atoms with E-state index in [4.69, 9.17) is 9.15 Å². The van der Waals surface area contributed by atoms with Crippen molar-refractivity contribution in [2.75, 3.05) is 31.2 Å². The summed E-state index contributed by atoms with van der Waals surface area (Å²) in [6.45, 7) is 2.39. The average molecular weight is 497 g/mol. The fraction of sp³-hybridized carbons (Fsp3) is 0.400. The van der Waals surface area contributed by atoms with Crippen molar-refractivity contribution >= 4 is 21.7 Å². The summed E-state index contributed by atoms with van der Waals surface area (Å²) in [6, 6.07) is 5.92. The second-order valence-electron chi connectivity index (χ2n) is 7.16. The normalized spacial score (nSPS) is 14.5. The minimum Gasteiger partial charge on any atom is -0.325 e. The van der Waals surface area contributed by atoms with Crippen molar-refractivity contribution in [1.29, 1.82) is 0 Å². The molecule has 0 aliphatic carbocycles. The zero-order chi connectivity index (χ0) is 23.9. The highest BCUT2D eigenvalue weighted by Gasteiger charge is 2.30. The predicted octanol–water partition coefficient (Wildman–Crippen LogP) is 4.30. The molecule has 0 saturated carbocycles. The number of rotatable bonds is 5. The number of carbonyl (C=O) groups excluding carboxylic acids is 1. The topological polar surface area (TPSA) is 82.6 Å². The number of piperidine rings is 1. The average Bonchev–Trinajstić information content (AvgIpc) is 2.80. The molecule has 33 heavy (non-hydrogen) atoms. The number of nitrogens with zero attached hydrogens (tertiary/aromatic N) is 3. The smallest absolute Gasteiger partial charge is 0.321 e. The molecule has 1 N–H and O–H groups in total. The van der Waals surface area contributed by atoms with Crippen molar-refractivity contribution in [1.82, 2.24) is 14.2 Å². The summed E-state index contributed by atoms with van der Waals surface area (Å²) in [5, 5.41) is 2.74. The van der Waals surface area contributed by atoms with Gasteiger partial charge in [-0.2, -0.15) is 0 Å². The maximum Gasteiger partial charge on any atom is 0.321 e. The van der Waals surface area contributed by atoms with E-state index in [1.807, 2.05) is 0 Å². The fourth-order valence-corrected chi connectivity index (χ4v) is 4.54. The van der Waals surface area contributed by atoms with Crippen LogP contribution >= 0.6 is 0 Å². The quantitative estimate of drug-likeness (QED) is 0.626. The maximum absolute atomic E-state index is 13.4. The Bertz CT molecular complexity index is 997. The van der Waals surface area contributed by atoms with Crippen LogP contribution in [0.3, 0.4) is 0 Å². The van der Waals surface area contributed by atoms with Gasteiger partial charge in [-0.3, -0.25) is 9.69 Å². The van der Waals surface area contributed by atoms with Gasteiger partial charge in [0.05, 0.1) is 23.3 Å². The molecule has 1 aliphatic heterocycles. The minimum atomic E-state index is -3.21. The number of anilines is 1. The van der Waals surface area contributed by atoms with Crippen LogP contribution in [0.5, 0.6) is 0 Å². The predicted molar refractivity (Wildman–Crippen MR) is 115 cm³/mol. The van der Waals surface area contributed by atoms with Gasteiger partial charge in [0.25, 0.3) is 0 Å². The number of halogens is 5. The highest BCUT2D eigenvalue weighted by atomic mass is 32.2. The molecule has 7 nitrogen and oxygen atoms in total. The van der Waals surface area contributed by atoms with Crippen molar-refractivity contribution in [3.8, 4) is 11.3 Å². The molecule has 184 valence electrons. The van der Waals surface area contributed by atoms with Gasteiger partial charge in [0.1, 0.15) is 11.6 Å². The van der Waals surface area contributed by atoms with Crippen molar-refractivity contribution in [3.05, 3.63) is 48.2 Å².